The van der Waals surface area contributed by atoms with Crippen molar-refractivity contribution >= 4 is 0 Å². The van der Waals surface area contributed by atoms with Crippen LogP contribution in [-0.2, 0) is 4.74 Å². The summed E-state index contributed by atoms with van der Waals surface area (Å²) >= 11 is 0. The summed E-state index contributed by atoms with van der Waals surface area (Å²) in [6, 6.07) is 0. The van der Waals surface area contributed by atoms with E-state index in [0.717, 1.165) is 19.3 Å². The first-order valence-electron chi connectivity index (χ1n) is 7.06. The van der Waals surface area contributed by atoms with Crippen LogP contribution < -0.4 is 0 Å². The molecule has 1 N–H and O–H groups in total. The average Bonchev–Trinajstić information content (AvgIpc) is 2.43. The number of aliphatic hydroxyl groups excluding tert-OH is 1. The van der Waals surface area contributed by atoms with E-state index in [0.29, 0.717) is 5.92 Å². The first-order chi connectivity index (χ1) is 8.79. The molecule has 2 rings (SSSR count). The smallest absolute Gasteiger partial charge is 0.0816 e. The molecule has 0 bridgehead atoms. The maximum absolute atomic E-state index is 9.38. The van der Waals surface area contributed by atoms with E-state index in [1.54, 1.807) is 7.11 Å². The predicted octanol–water partition coefficient (Wildman–Crippen LogP) is 3.98. The molecule has 2 heteroatoms. The Morgan fingerprint density at radius 3 is 2.44 bits per heavy atom. The number of hydrogen-bond acceptors (Lipinski definition) is 2. The Bertz CT molecular complexity index is 316. The van der Waals surface area contributed by atoms with E-state index in [2.05, 4.69) is 12.2 Å². The molecule has 1 atom stereocenters. The lowest BCUT2D eigenvalue weighted by molar-refractivity contribution is 0.224. The molecule has 2 aliphatic rings. The van der Waals surface area contributed by atoms with Crippen LogP contribution in [0.5, 0.6) is 0 Å². The summed E-state index contributed by atoms with van der Waals surface area (Å²) in [5, 5.41) is 9.38. The summed E-state index contributed by atoms with van der Waals surface area (Å²) in [6.07, 6.45) is 13.3. The van der Waals surface area contributed by atoms with E-state index < -0.39 is 0 Å². The van der Waals surface area contributed by atoms with Crippen LogP contribution in [0.2, 0.25) is 0 Å². The second kappa shape index (κ2) is 8.15. The maximum atomic E-state index is 9.38. The van der Waals surface area contributed by atoms with E-state index in [1.807, 2.05) is 26.2 Å². The third-order valence-electron chi connectivity index (χ3n) is 3.49. The summed E-state index contributed by atoms with van der Waals surface area (Å²) in [6.45, 7) is 4.00. The van der Waals surface area contributed by atoms with Crippen LogP contribution in [-0.4, -0.2) is 18.3 Å². The Labute approximate surface area is 111 Å². The van der Waals surface area contributed by atoms with Gasteiger partial charge in [-0.1, -0.05) is 32.1 Å². The molecule has 1 unspecified atom stereocenters. The van der Waals surface area contributed by atoms with E-state index >= 15 is 0 Å². The highest BCUT2D eigenvalue weighted by atomic mass is 16.5. The molecule has 0 aliphatic heterocycles. The van der Waals surface area contributed by atoms with Crippen LogP contribution in [0.15, 0.2) is 35.6 Å². The molecule has 1 fully saturated rings. The molecule has 0 spiro atoms. The Morgan fingerprint density at radius 2 is 1.94 bits per heavy atom. The SMILES string of the molecule is CC.COC=C1CCC(C2=CCC(O)C=C2)CC1. The van der Waals surface area contributed by atoms with Crippen molar-refractivity contribution in [2.75, 3.05) is 7.11 Å². The third-order valence-corrected chi connectivity index (χ3v) is 3.49. The highest BCUT2D eigenvalue weighted by molar-refractivity contribution is 5.28. The highest BCUT2D eigenvalue weighted by Gasteiger charge is 2.20. The summed E-state index contributed by atoms with van der Waals surface area (Å²) in [4.78, 5) is 0. The van der Waals surface area contributed by atoms with Crippen LogP contribution in [0.1, 0.15) is 46.0 Å². The molecule has 0 aromatic rings. The second-order valence-electron chi connectivity index (χ2n) is 4.65. The second-order valence-corrected chi connectivity index (χ2v) is 4.65. The quantitative estimate of drug-likeness (QED) is 0.751. The monoisotopic (exact) mass is 250 g/mol. The van der Waals surface area contributed by atoms with E-state index in [9.17, 15) is 5.11 Å². The highest BCUT2D eigenvalue weighted by Crippen LogP contribution is 2.34. The molecule has 0 heterocycles. The van der Waals surface area contributed by atoms with Gasteiger partial charge in [0.15, 0.2) is 0 Å². The van der Waals surface area contributed by atoms with Crippen molar-refractivity contribution in [2.45, 2.75) is 52.1 Å². The van der Waals surface area contributed by atoms with E-state index in [4.69, 9.17) is 4.74 Å². The topological polar surface area (TPSA) is 29.5 Å². The van der Waals surface area contributed by atoms with Crippen LogP contribution in [0, 0.1) is 5.92 Å². The fourth-order valence-electron chi connectivity index (χ4n) is 2.53. The minimum atomic E-state index is -0.267. The Hall–Kier alpha value is -1.02. The first-order valence-corrected chi connectivity index (χ1v) is 7.06. The first kappa shape index (κ1) is 15.0. The summed E-state index contributed by atoms with van der Waals surface area (Å²) in [5.74, 6) is 0.678. The minimum Gasteiger partial charge on any atom is -0.504 e. The molecule has 0 saturated heterocycles. The van der Waals surface area contributed by atoms with Gasteiger partial charge in [-0.15, -0.1) is 0 Å². The van der Waals surface area contributed by atoms with E-state index in [1.165, 1.54) is 24.0 Å². The standard InChI is InChI=1S/C14H20O2.C2H6/c1-16-10-11-2-4-12(5-3-11)13-6-8-14(15)9-7-13;1-2/h6-8,10,12,14-15H,2-5,9H2,1H3;1-2H3. The van der Waals surface area contributed by atoms with Crippen molar-refractivity contribution < 1.29 is 9.84 Å². The van der Waals surface area contributed by atoms with Crippen LogP contribution in [0.3, 0.4) is 0 Å². The van der Waals surface area contributed by atoms with Gasteiger partial charge in [0.05, 0.1) is 19.5 Å². The van der Waals surface area contributed by atoms with Gasteiger partial charge in [-0.2, -0.15) is 0 Å². The van der Waals surface area contributed by atoms with Crippen molar-refractivity contribution in [1.29, 1.82) is 0 Å². The molecule has 0 aromatic heterocycles. The van der Waals surface area contributed by atoms with Crippen LogP contribution in [0.25, 0.3) is 0 Å². The summed E-state index contributed by atoms with van der Waals surface area (Å²) in [7, 11) is 1.72. The van der Waals surface area contributed by atoms with Crippen molar-refractivity contribution in [3.63, 3.8) is 0 Å². The molecule has 0 radical (unpaired) electrons. The molecule has 102 valence electrons. The maximum Gasteiger partial charge on any atom is 0.0816 e. The number of rotatable bonds is 2. The van der Waals surface area contributed by atoms with Gasteiger partial charge >= 0.3 is 0 Å². The normalized spacial score (nSPS) is 26.9. The predicted molar refractivity (Wildman–Crippen MR) is 76.2 cm³/mol. The largest absolute Gasteiger partial charge is 0.504 e. The van der Waals surface area contributed by atoms with Crippen LogP contribution in [0.4, 0.5) is 0 Å². The molecular formula is C16H26O2. The van der Waals surface area contributed by atoms with Gasteiger partial charge in [-0.05, 0) is 49.2 Å². The lowest BCUT2D eigenvalue weighted by atomic mass is 9.80. The van der Waals surface area contributed by atoms with Gasteiger partial charge in [0.2, 0.25) is 0 Å². The lowest BCUT2D eigenvalue weighted by Crippen LogP contribution is -2.13. The fourth-order valence-corrected chi connectivity index (χ4v) is 2.53. The third kappa shape index (κ3) is 4.34. The number of methoxy groups -OCH3 is 1. The molecule has 0 aromatic carbocycles. The van der Waals surface area contributed by atoms with Crippen molar-refractivity contribution in [2.24, 2.45) is 5.92 Å². The van der Waals surface area contributed by atoms with Gasteiger partial charge in [0.25, 0.3) is 0 Å². The number of hydrogen-bond donors (Lipinski definition) is 1. The molecule has 2 nitrogen and oxygen atoms in total. The summed E-state index contributed by atoms with van der Waals surface area (Å²) in [5.41, 5.74) is 2.85. The average molecular weight is 250 g/mol. The zero-order valence-corrected chi connectivity index (χ0v) is 11.9. The minimum absolute atomic E-state index is 0.267. The van der Waals surface area contributed by atoms with Gasteiger partial charge in [-0.3, -0.25) is 0 Å². The van der Waals surface area contributed by atoms with Crippen molar-refractivity contribution in [3.8, 4) is 0 Å². The van der Waals surface area contributed by atoms with Gasteiger partial charge in [0, 0.05) is 0 Å². The zero-order chi connectivity index (χ0) is 13.4. The Kier molecular flexibility index (Phi) is 6.81. The van der Waals surface area contributed by atoms with Gasteiger partial charge in [-0.25, -0.2) is 0 Å². The number of aliphatic hydroxyl groups is 1. The molecule has 18 heavy (non-hydrogen) atoms. The Balaban J connectivity index is 0.000000771. The van der Waals surface area contributed by atoms with Crippen molar-refractivity contribution in [3.05, 3.63) is 35.6 Å². The molecular weight excluding hydrogens is 224 g/mol. The molecule has 0 amide bonds. The van der Waals surface area contributed by atoms with Gasteiger partial charge < -0.3 is 9.84 Å². The number of allylic oxidation sites excluding steroid dienone is 3. The van der Waals surface area contributed by atoms with Crippen LogP contribution >= 0.6 is 0 Å². The number of ether oxygens (including phenoxy) is 1. The summed E-state index contributed by atoms with van der Waals surface area (Å²) < 4.78 is 5.05. The molecule has 1 saturated carbocycles. The van der Waals surface area contributed by atoms with Crippen molar-refractivity contribution in [1.82, 2.24) is 0 Å². The Morgan fingerprint density at radius 1 is 1.28 bits per heavy atom. The lowest BCUT2D eigenvalue weighted by Gasteiger charge is -2.26. The van der Waals surface area contributed by atoms with E-state index in [-0.39, 0.29) is 6.10 Å². The van der Waals surface area contributed by atoms with Gasteiger partial charge in [0.1, 0.15) is 0 Å². The molecule has 2 aliphatic carbocycles. The fraction of sp³-hybridized carbons (Fsp3) is 0.625. The zero-order valence-electron chi connectivity index (χ0n) is 11.9.